The lowest BCUT2D eigenvalue weighted by Crippen LogP contribution is -2.54. The van der Waals surface area contributed by atoms with Gasteiger partial charge in [-0.3, -0.25) is 9.59 Å². The second-order valence-electron chi connectivity index (χ2n) is 6.00. The van der Waals surface area contributed by atoms with Crippen molar-refractivity contribution in [3.8, 4) is 0 Å². The second-order valence-corrected chi connectivity index (χ2v) is 6.00. The summed E-state index contributed by atoms with van der Waals surface area (Å²) in [6, 6.07) is 0.349. The lowest BCUT2D eigenvalue weighted by Gasteiger charge is -2.47. The third-order valence-electron chi connectivity index (χ3n) is 4.98. The van der Waals surface area contributed by atoms with Gasteiger partial charge >= 0.3 is 0 Å². The average molecular weight is 263 g/mol. The van der Waals surface area contributed by atoms with E-state index in [1.807, 2.05) is 0 Å². The van der Waals surface area contributed by atoms with Crippen molar-refractivity contribution in [1.82, 2.24) is 0 Å². The van der Waals surface area contributed by atoms with Crippen LogP contribution >= 0.6 is 0 Å². The molecular formula is C14H21N3O2. The van der Waals surface area contributed by atoms with Crippen LogP contribution in [-0.4, -0.2) is 19.1 Å². The van der Waals surface area contributed by atoms with E-state index >= 15 is 0 Å². The molecule has 2 aliphatic rings. The number of piperidine rings is 1. The van der Waals surface area contributed by atoms with Crippen LogP contribution in [0.15, 0.2) is 9.59 Å². The van der Waals surface area contributed by atoms with Crippen LogP contribution in [0.4, 0.5) is 11.4 Å². The Morgan fingerprint density at radius 1 is 1.16 bits per heavy atom. The van der Waals surface area contributed by atoms with E-state index in [0.29, 0.717) is 30.1 Å². The largest absolute Gasteiger partial charge is 0.394 e. The van der Waals surface area contributed by atoms with Crippen LogP contribution in [0.2, 0.25) is 0 Å². The Kier molecular flexibility index (Phi) is 3.09. The first-order chi connectivity index (χ1) is 9.13. The molecule has 3 unspecified atom stereocenters. The van der Waals surface area contributed by atoms with Gasteiger partial charge in [0.25, 0.3) is 10.9 Å². The molecule has 1 aliphatic carbocycles. The van der Waals surface area contributed by atoms with E-state index in [2.05, 4.69) is 4.90 Å². The first-order valence-electron chi connectivity index (χ1n) is 7.19. The maximum absolute atomic E-state index is 11.7. The predicted octanol–water partition coefficient (Wildman–Crippen LogP) is 0.209. The third kappa shape index (κ3) is 1.87. The first-order valence-corrected chi connectivity index (χ1v) is 7.19. The molecule has 3 rings (SSSR count). The van der Waals surface area contributed by atoms with Crippen molar-refractivity contribution in [1.29, 1.82) is 0 Å². The number of nitrogen functional groups attached to an aromatic ring is 1. The zero-order valence-corrected chi connectivity index (χ0v) is 11.1. The van der Waals surface area contributed by atoms with Gasteiger partial charge in [-0.15, -0.1) is 0 Å². The number of hydrogen-bond acceptors (Lipinski definition) is 5. The SMILES string of the molecule is NCC1CCC2CCCN(c3c(N)c(=O)c3=O)C2C1. The molecule has 0 amide bonds. The van der Waals surface area contributed by atoms with E-state index in [4.69, 9.17) is 11.5 Å². The van der Waals surface area contributed by atoms with Gasteiger partial charge in [-0.1, -0.05) is 0 Å². The van der Waals surface area contributed by atoms with Crippen LogP contribution in [0.3, 0.4) is 0 Å². The highest BCUT2D eigenvalue weighted by Gasteiger charge is 2.39. The summed E-state index contributed by atoms with van der Waals surface area (Å²) in [6.07, 6.45) is 5.69. The molecule has 0 bridgehead atoms. The smallest absolute Gasteiger partial charge is 0.253 e. The maximum atomic E-state index is 11.7. The quantitative estimate of drug-likeness (QED) is 0.744. The lowest BCUT2D eigenvalue weighted by molar-refractivity contribution is 0.196. The number of fused-ring (bicyclic) bond motifs is 1. The monoisotopic (exact) mass is 263 g/mol. The van der Waals surface area contributed by atoms with Crippen molar-refractivity contribution in [2.45, 2.75) is 38.1 Å². The number of hydrogen-bond donors (Lipinski definition) is 2. The number of anilines is 2. The van der Waals surface area contributed by atoms with Crippen molar-refractivity contribution in [2.75, 3.05) is 23.7 Å². The molecule has 2 fully saturated rings. The second kappa shape index (κ2) is 4.63. The summed E-state index contributed by atoms with van der Waals surface area (Å²) < 4.78 is 0. The minimum atomic E-state index is -0.511. The molecule has 104 valence electrons. The summed E-state index contributed by atoms with van der Waals surface area (Å²) in [6.45, 7) is 1.55. The van der Waals surface area contributed by atoms with Crippen LogP contribution in [-0.2, 0) is 0 Å². The average Bonchev–Trinajstić information content (AvgIpc) is 2.46. The van der Waals surface area contributed by atoms with Gasteiger partial charge in [-0.2, -0.15) is 0 Å². The van der Waals surface area contributed by atoms with E-state index in [-0.39, 0.29) is 5.69 Å². The molecule has 1 heterocycles. The molecule has 19 heavy (non-hydrogen) atoms. The number of nitrogens with two attached hydrogens (primary N) is 2. The zero-order chi connectivity index (χ0) is 13.6. The normalized spacial score (nSPS) is 31.4. The standard InChI is InChI=1S/C14H21N3O2/c15-7-8-3-4-9-2-1-5-17(10(9)6-8)12-11(16)13(18)14(12)19/h8-10H,1-7,15-16H2. The molecule has 1 aliphatic heterocycles. The highest BCUT2D eigenvalue weighted by Crippen LogP contribution is 2.40. The summed E-state index contributed by atoms with van der Waals surface area (Å²) in [5.41, 5.74) is 11.3. The molecule has 4 N–H and O–H groups in total. The molecule has 1 saturated carbocycles. The van der Waals surface area contributed by atoms with Crippen LogP contribution in [0, 0.1) is 11.8 Å². The molecule has 0 aromatic heterocycles. The molecule has 5 nitrogen and oxygen atoms in total. The summed E-state index contributed by atoms with van der Waals surface area (Å²) >= 11 is 0. The van der Waals surface area contributed by atoms with Crippen LogP contribution in [0.1, 0.15) is 32.1 Å². The third-order valence-corrected chi connectivity index (χ3v) is 4.98. The first kappa shape index (κ1) is 12.7. The molecule has 1 aromatic carbocycles. The predicted molar refractivity (Wildman–Crippen MR) is 76.0 cm³/mol. The fraction of sp³-hybridized carbons (Fsp3) is 0.714. The van der Waals surface area contributed by atoms with E-state index in [0.717, 1.165) is 19.4 Å². The van der Waals surface area contributed by atoms with Crippen molar-refractivity contribution < 1.29 is 0 Å². The molecule has 1 aromatic rings. The van der Waals surface area contributed by atoms with Crippen LogP contribution < -0.4 is 27.2 Å². The van der Waals surface area contributed by atoms with E-state index < -0.39 is 10.9 Å². The van der Waals surface area contributed by atoms with Gasteiger partial charge in [0.15, 0.2) is 0 Å². The van der Waals surface area contributed by atoms with Gasteiger partial charge in [0.1, 0.15) is 11.4 Å². The highest BCUT2D eigenvalue weighted by atomic mass is 16.2. The van der Waals surface area contributed by atoms with Gasteiger partial charge in [0.2, 0.25) is 0 Å². The minimum Gasteiger partial charge on any atom is -0.394 e. The van der Waals surface area contributed by atoms with Crippen molar-refractivity contribution >= 4 is 11.4 Å². The molecule has 0 spiro atoms. The Labute approximate surface area is 112 Å². The minimum absolute atomic E-state index is 0.167. The molecule has 3 atom stereocenters. The van der Waals surface area contributed by atoms with Gasteiger partial charge in [-0.25, -0.2) is 0 Å². The Morgan fingerprint density at radius 3 is 2.63 bits per heavy atom. The van der Waals surface area contributed by atoms with E-state index in [1.54, 1.807) is 0 Å². The Morgan fingerprint density at radius 2 is 1.95 bits per heavy atom. The van der Waals surface area contributed by atoms with Crippen molar-refractivity contribution in [3.05, 3.63) is 20.4 Å². The fourth-order valence-electron chi connectivity index (χ4n) is 3.88. The Hall–Kier alpha value is -1.36. The summed E-state index contributed by atoms with van der Waals surface area (Å²) in [7, 11) is 0. The number of rotatable bonds is 2. The zero-order valence-electron chi connectivity index (χ0n) is 11.1. The number of nitrogens with zero attached hydrogens (tertiary/aromatic N) is 1. The topological polar surface area (TPSA) is 89.4 Å². The van der Waals surface area contributed by atoms with Crippen LogP contribution in [0.25, 0.3) is 0 Å². The van der Waals surface area contributed by atoms with E-state index in [1.165, 1.54) is 19.3 Å². The van der Waals surface area contributed by atoms with Crippen LogP contribution in [0.5, 0.6) is 0 Å². The summed E-state index contributed by atoms with van der Waals surface area (Å²) in [5.74, 6) is 1.16. The molecule has 0 radical (unpaired) electrons. The Balaban J connectivity index is 1.88. The lowest BCUT2D eigenvalue weighted by atomic mass is 9.73. The summed E-state index contributed by atoms with van der Waals surface area (Å²) in [5, 5.41) is 0. The molecule has 5 heteroatoms. The Bertz CT molecular complexity index is 547. The van der Waals surface area contributed by atoms with Gasteiger partial charge in [-0.05, 0) is 50.5 Å². The highest BCUT2D eigenvalue weighted by molar-refractivity contribution is 5.73. The van der Waals surface area contributed by atoms with Crippen molar-refractivity contribution in [3.63, 3.8) is 0 Å². The molecular weight excluding hydrogens is 242 g/mol. The van der Waals surface area contributed by atoms with E-state index in [9.17, 15) is 9.59 Å². The van der Waals surface area contributed by atoms with Gasteiger partial charge < -0.3 is 16.4 Å². The molecule has 1 saturated heterocycles. The summed E-state index contributed by atoms with van der Waals surface area (Å²) in [4.78, 5) is 25.2. The van der Waals surface area contributed by atoms with Crippen molar-refractivity contribution in [2.24, 2.45) is 17.6 Å². The maximum Gasteiger partial charge on any atom is 0.253 e. The fourth-order valence-corrected chi connectivity index (χ4v) is 3.88. The van der Waals surface area contributed by atoms with Gasteiger partial charge in [0, 0.05) is 12.6 Å². The van der Waals surface area contributed by atoms with Gasteiger partial charge in [0.05, 0.1) is 0 Å².